The van der Waals surface area contributed by atoms with Gasteiger partial charge in [0, 0.05) is 12.6 Å². The first-order valence-electron chi connectivity index (χ1n) is 6.93. The lowest BCUT2D eigenvalue weighted by Crippen LogP contribution is -2.54. The van der Waals surface area contributed by atoms with Gasteiger partial charge < -0.3 is 20.4 Å². The molecule has 6 nitrogen and oxygen atoms in total. The van der Waals surface area contributed by atoms with Gasteiger partial charge in [0.05, 0.1) is 6.26 Å². The molecule has 3 N–H and O–H groups in total. The Labute approximate surface area is 118 Å². The molecule has 2 amide bonds. The molecule has 1 aromatic rings. The van der Waals surface area contributed by atoms with Gasteiger partial charge in [-0.3, -0.25) is 9.59 Å². The van der Waals surface area contributed by atoms with E-state index in [-0.39, 0.29) is 23.6 Å². The molecule has 1 aromatic heterocycles. The second kappa shape index (κ2) is 6.56. The van der Waals surface area contributed by atoms with E-state index in [0.717, 1.165) is 19.5 Å². The second-order valence-corrected chi connectivity index (χ2v) is 5.26. The van der Waals surface area contributed by atoms with E-state index in [1.165, 1.54) is 6.26 Å². The molecule has 6 heteroatoms. The summed E-state index contributed by atoms with van der Waals surface area (Å²) in [4.78, 5) is 23.9. The quantitative estimate of drug-likeness (QED) is 0.750. The fraction of sp³-hybridized carbons (Fsp3) is 0.571. The highest BCUT2D eigenvalue weighted by atomic mass is 16.3. The molecule has 1 fully saturated rings. The Morgan fingerprint density at radius 3 is 2.95 bits per heavy atom. The lowest BCUT2D eigenvalue weighted by atomic mass is 9.94. The number of carbonyl (C=O) groups is 2. The van der Waals surface area contributed by atoms with E-state index in [9.17, 15) is 9.59 Å². The highest BCUT2D eigenvalue weighted by Crippen LogP contribution is 2.11. The van der Waals surface area contributed by atoms with Gasteiger partial charge in [0.2, 0.25) is 5.91 Å². The van der Waals surface area contributed by atoms with Crippen molar-refractivity contribution in [3.8, 4) is 0 Å². The van der Waals surface area contributed by atoms with Crippen LogP contribution in [-0.4, -0.2) is 37.0 Å². The second-order valence-electron chi connectivity index (χ2n) is 5.26. The summed E-state index contributed by atoms with van der Waals surface area (Å²) >= 11 is 0. The zero-order valence-electron chi connectivity index (χ0n) is 11.8. The molecule has 0 bridgehead atoms. The van der Waals surface area contributed by atoms with Crippen LogP contribution in [0.5, 0.6) is 0 Å². The van der Waals surface area contributed by atoms with Crippen LogP contribution in [0.4, 0.5) is 0 Å². The predicted molar refractivity (Wildman–Crippen MR) is 74.2 cm³/mol. The van der Waals surface area contributed by atoms with E-state index in [2.05, 4.69) is 22.9 Å². The zero-order valence-corrected chi connectivity index (χ0v) is 11.8. The Morgan fingerprint density at radius 1 is 1.50 bits per heavy atom. The third-order valence-corrected chi connectivity index (χ3v) is 3.64. The van der Waals surface area contributed by atoms with E-state index in [1.54, 1.807) is 19.1 Å². The van der Waals surface area contributed by atoms with Crippen LogP contribution in [0.1, 0.15) is 30.8 Å². The minimum Gasteiger partial charge on any atom is -0.459 e. The Balaban J connectivity index is 1.84. The van der Waals surface area contributed by atoms with Crippen molar-refractivity contribution < 1.29 is 14.0 Å². The molecule has 2 heterocycles. The van der Waals surface area contributed by atoms with E-state index in [4.69, 9.17) is 4.42 Å². The van der Waals surface area contributed by atoms with E-state index in [1.807, 2.05) is 0 Å². The fourth-order valence-corrected chi connectivity index (χ4v) is 2.23. The van der Waals surface area contributed by atoms with Gasteiger partial charge in [-0.1, -0.05) is 6.92 Å². The number of hydrogen-bond acceptors (Lipinski definition) is 4. The van der Waals surface area contributed by atoms with Gasteiger partial charge in [0.15, 0.2) is 5.76 Å². The number of amides is 2. The molecule has 20 heavy (non-hydrogen) atoms. The maximum atomic E-state index is 12.1. The number of rotatable bonds is 4. The highest BCUT2D eigenvalue weighted by molar-refractivity contribution is 5.95. The Bertz CT molecular complexity index is 458. The number of hydrogen-bond donors (Lipinski definition) is 3. The van der Waals surface area contributed by atoms with Gasteiger partial charge in [-0.2, -0.15) is 0 Å². The molecule has 0 saturated carbocycles. The van der Waals surface area contributed by atoms with Crippen molar-refractivity contribution in [3.05, 3.63) is 24.2 Å². The van der Waals surface area contributed by atoms with Gasteiger partial charge in [0.1, 0.15) is 6.04 Å². The summed E-state index contributed by atoms with van der Waals surface area (Å²) < 4.78 is 4.99. The highest BCUT2D eigenvalue weighted by Gasteiger charge is 2.25. The largest absolute Gasteiger partial charge is 0.459 e. The minimum absolute atomic E-state index is 0.110. The SMILES string of the molecule is CC(NC(=O)c1ccco1)C(=O)NC1CNCCC1C. The minimum atomic E-state index is -0.596. The van der Waals surface area contributed by atoms with Gasteiger partial charge in [-0.15, -0.1) is 0 Å². The Hall–Kier alpha value is -1.82. The summed E-state index contributed by atoms with van der Waals surface area (Å²) in [6, 6.07) is 2.71. The lowest BCUT2D eigenvalue weighted by molar-refractivity contribution is -0.123. The molecular weight excluding hydrogens is 258 g/mol. The van der Waals surface area contributed by atoms with Crippen LogP contribution in [0.3, 0.4) is 0 Å². The molecule has 1 saturated heterocycles. The molecule has 110 valence electrons. The van der Waals surface area contributed by atoms with Crippen molar-refractivity contribution in [2.45, 2.75) is 32.4 Å². The van der Waals surface area contributed by atoms with Crippen LogP contribution in [-0.2, 0) is 4.79 Å². The molecular formula is C14H21N3O3. The van der Waals surface area contributed by atoms with Crippen molar-refractivity contribution in [2.75, 3.05) is 13.1 Å². The van der Waals surface area contributed by atoms with Crippen LogP contribution in [0, 0.1) is 5.92 Å². The predicted octanol–water partition coefficient (Wildman–Crippen LogP) is 0.512. The third-order valence-electron chi connectivity index (χ3n) is 3.64. The van der Waals surface area contributed by atoms with Crippen molar-refractivity contribution in [2.24, 2.45) is 5.92 Å². The number of nitrogens with one attached hydrogen (secondary N) is 3. The van der Waals surface area contributed by atoms with Crippen molar-refractivity contribution in [1.82, 2.24) is 16.0 Å². The van der Waals surface area contributed by atoms with Crippen LogP contribution < -0.4 is 16.0 Å². The number of piperidine rings is 1. The smallest absolute Gasteiger partial charge is 0.287 e. The molecule has 0 aliphatic carbocycles. The third kappa shape index (κ3) is 3.60. The normalized spacial score (nSPS) is 23.9. The van der Waals surface area contributed by atoms with Crippen LogP contribution in [0.15, 0.2) is 22.8 Å². The first-order valence-corrected chi connectivity index (χ1v) is 6.93. The molecule has 3 unspecified atom stereocenters. The van der Waals surface area contributed by atoms with Gasteiger partial charge in [-0.25, -0.2) is 0 Å². The average molecular weight is 279 g/mol. The average Bonchev–Trinajstić information content (AvgIpc) is 2.95. The Morgan fingerprint density at radius 2 is 2.30 bits per heavy atom. The van der Waals surface area contributed by atoms with Gasteiger partial charge in [0.25, 0.3) is 5.91 Å². The standard InChI is InChI=1S/C14H21N3O3/c1-9-5-6-15-8-11(9)17-13(18)10(2)16-14(19)12-4-3-7-20-12/h3-4,7,9-11,15H,5-6,8H2,1-2H3,(H,16,19)(H,17,18). The summed E-state index contributed by atoms with van der Waals surface area (Å²) in [6.07, 6.45) is 2.47. The summed E-state index contributed by atoms with van der Waals surface area (Å²) in [5, 5.41) is 8.85. The van der Waals surface area contributed by atoms with Gasteiger partial charge >= 0.3 is 0 Å². The zero-order chi connectivity index (χ0) is 14.5. The molecule has 0 aromatic carbocycles. The topological polar surface area (TPSA) is 83.4 Å². The fourth-order valence-electron chi connectivity index (χ4n) is 2.23. The van der Waals surface area contributed by atoms with Gasteiger partial charge in [-0.05, 0) is 37.9 Å². The monoisotopic (exact) mass is 279 g/mol. The van der Waals surface area contributed by atoms with Crippen molar-refractivity contribution in [1.29, 1.82) is 0 Å². The molecule has 3 atom stereocenters. The van der Waals surface area contributed by atoms with Crippen LogP contribution in [0.25, 0.3) is 0 Å². The summed E-state index contributed by atoms with van der Waals surface area (Å²) in [5.74, 6) is 0.0865. The maximum Gasteiger partial charge on any atom is 0.287 e. The van der Waals surface area contributed by atoms with Crippen molar-refractivity contribution >= 4 is 11.8 Å². The number of carbonyl (C=O) groups excluding carboxylic acids is 2. The number of furan rings is 1. The molecule has 2 rings (SSSR count). The summed E-state index contributed by atoms with van der Waals surface area (Å²) in [6.45, 7) is 5.54. The summed E-state index contributed by atoms with van der Waals surface area (Å²) in [7, 11) is 0. The first-order chi connectivity index (χ1) is 9.58. The van der Waals surface area contributed by atoms with E-state index in [0.29, 0.717) is 5.92 Å². The van der Waals surface area contributed by atoms with Crippen molar-refractivity contribution in [3.63, 3.8) is 0 Å². The van der Waals surface area contributed by atoms with Crippen LogP contribution in [0.2, 0.25) is 0 Å². The molecule has 1 aliphatic rings. The first kappa shape index (κ1) is 14.6. The van der Waals surface area contributed by atoms with Crippen LogP contribution >= 0.6 is 0 Å². The lowest BCUT2D eigenvalue weighted by Gasteiger charge is -2.31. The van der Waals surface area contributed by atoms with E-state index >= 15 is 0 Å². The molecule has 0 radical (unpaired) electrons. The Kier molecular flexibility index (Phi) is 4.79. The van der Waals surface area contributed by atoms with E-state index < -0.39 is 6.04 Å². The molecule has 0 spiro atoms. The molecule has 1 aliphatic heterocycles. The summed E-state index contributed by atoms with van der Waals surface area (Å²) in [5.41, 5.74) is 0. The maximum absolute atomic E-state index is 12.1.